The van der Waals surface area contributed by atoms with E-state index >= 15 is 0 Å². The van der Waals surface area contributed by atoms with Crippen LogP contribution in [0.4, 0.5) is 4.39 Å². The third kappa shape index (κ3) is 5.40. The number of esters is 1. The Labute approximate surface area is 190 Å². The summed E-state index contributed by atoms with van der Waals surface area (Å²) in [5, 5.41) is 0. The summed E-state index contributed by atoms with van der Waals surface area (Å²) in [6.07, 6.45) is 4.84. The molecule has 33 heavy (non-hydrogen) atoms. The Hall–Kier alpha value is -3.24. The Morgan fingerprint density at radius 2 is 1.91 bits per heavy atom. The zero-order chi connectivity index (χ0) is 23.4. The number of nitrogens with zero attached hydrogens (tertiary/aromatic N) is 1. The van der Waals surface area contributed by atoms with Gasteiger partial charge in [0.15, 0.2) is 0 Å². The van der Waals surface area contributed by atoms with E-state index < -0.39 is 16.0 Å². The second kappa shape index (κ2) is 9.72. The number of oxazole rings is 1. The normalized spacial score (nSPS) is 14.4. The minimum absolute atomic E-state index is 0.0600. The summed E-state index contributed by atoms with van der Waals surface area (Å²) in [4.78, 5) is 16.7. The van der Waals surface area contributed by atoms with Crippen LogP contribution in [0.1, 0.15) is 41.7 Å². The number of carbonyl (C=O) groups is 1. The van der Waals surface area contributed by atoms with Crippen LogP contribution in [0.2, 0.25) is 0 Å². The van der Waals surface area contributed by atoms with E-state index in [9.17, 15) is 17.6 Å². The number of halogens is 1. The summed E-state index contributed by atoms with van der Waals surface area (Å²) >= 11 is 0. The molecule has 1 aliphatic carbocycles. The van der Waals surface area contributed by atoms with Gasteiger partial charge >= 0.3 is 5.97 Å². The highest BCUT2D eigenvalue weighted by atomic mass is 32.2. The minimum Gasteiger partial charge on any atom is -0.495 e. The fraction of sp³-hybridized carbons (Fsp3) is 0.304. The van der Waals surface area contributed by atoms with Crippen molar-refractivity contribution in [1.82, 2.24) is 9.71 Å². The Bertz CT molecular complexity index is 1230. The van der Waals surface area contributed by atoms with Crippen molar-refractivity contribution in [3.63, 3.8) is 0 Å². The minimum atomic E-state index is -3.88. The monoisotopic (exact) mass is 474 g/mol. The zero-order valence-corrected chi connectivity index (χ0v) is 18.7. The first-order valence-electron chi connectivity index (χ1n) is 10.4. The van der Waals surface area contributed by atoms with Crippen LogP contribution < -0.4 is 9.46 Å². The highest BCUT2D eigenvalue weighted by Gasteiger charge is 2.27. The second-order valence-corrected chi connectivity index (χ2v) is 9.38. The van der Waals surface area contributed by atoms with Gasteiger partial charge in [0.25, 0.3) is 0 Å². The third-order valence-corrected chi connectivity index (χ3v) is 6.90. The molecule has 0 unspecified atom stereocenters. The van der Waals surface area contributed by atoms with Crippen molar-refractivity contribution in [3.8, 4) is 17.2 Å². The van der Waals surface area contributed by atoms with Gasteiger partial charge in [0.05, 0.1) is 12.7 Å². The number of hydrogen-bond acceptors (Lipinski definition) is 7. The number of hydrogen-bond donors (Lipinski definition) is 1. The zero-order valence-electron chi connectivity index (χ0n) is 17.9. The van der Waals surface area contributed by atoms with E-state index in [-0.39, 0.29) is 40.6 Å². The maximum absolute atomic E-state index is 13.1. The number of rotatable bonds is 8. The van der Waals surface area contributed by atoms with Crippen molar-refractivity contribution in [2.24, 2.45) is 0 Å². The van der Waals surface area contributed by atoms with Crippen molar-refractivity contribution in [3.05, 3.63) is 65.8 Å². The fourth-order valence-corrected chi connectivity index (χ4v) is 5.16. The lowest BCUT2D eigenvalue weighted by atomic mass is 10.2. The van der Waals surface area contributed by atoms with Gasteiger partial charge in [-0.3, -0.25) is 0 Å². The fourth-order valence-electron chi connectivity index (χ4n) is 3.66. The van der Waals surface area contributed by atoms with Gasteiger partial charge in [0, 0.05) is 11.6 Å². The summed E-state index contributed by atoms with van der Waals surface area (Å²) in [6.45, 7) is -0.183. The van der Waals surface area contributed by atoms with Gasteiger partial charge in [-0.15, -0.1) is 0 Å². The van der Waals surface area contributed by atoms with Crippen LogP contribution in [0, 0.1) is 5.82 Å². The number of methoxy groups -OCH3 is 1. The molecule has 1 heterocycles. The van der Waals surface area contributed by atoms with Crippen LogP contribution in [0.15, 0.2) is 58.0 Å². The van der Waals surface area contributed by atoms with Crippen LogP contribution >= 0.6 is 0 Å². The van der Waals surface area contributed by atoms with E-state index in [0.717, 1.165) is 25.7 Å². The summed E-state index contributed by atoms with van der Waals surface area (Å²) in [6, 6.07) is 9.59. The lowest BCUT2D eigenvalue weighted by molar-refractivity contribution is 0.0467. The van der Waals surface area contributed by atoms with Gasteiger partial charge < -0.3 is 13.9 Å². The lowest BCUT2D eigenvalue weighted by Crippen LogP contribution is -2.33. The van der Waals surface area contributed by atoms with Gasteiger partial charge in [0.2, 0.25) is 15.9 Å². The number of carbonyl (C=O) groups excluding carboxylic acids is 1. The van der Waals surface area contributed by atoms with E-state index in [2.05, 4.69) is 9.71 Å². The van der Waals surface area contributed by atoms with E-state index in [1.54, 1.807) is 0 Å². The molecular formula is C23H23FN2O6S. The summed E-state index contributed by atoms with van der Waals surface area (Å²) in [5.74, 6) is -0.700. The molecule has 1 aliphatic rings. The van der Waals surface area contributed by atoms with Crippen molar-refractivity contribution in [2.75, 3.05) is 7.11 Å². The molecule has 3 aromatic rings. The molecule has 0 amide bonds. The third-order valence-electron chi connectivity index (χ3n) is 5.36. The molecule has 0 spiro atoms. The molecule has 1 saturated carbocycles. The SMILES string of the molecule is COc1ccc(C(=O)OCc2coc(-c3ccc(F)cc3)n2)cc1S(=O)(=O)NC1CCCC1. The Morgan fingerprint density at radius 1 is 1.18 bits per heavy atom. The van der Waals surface area contributed by atoms with E-state index in [0.29, 0.717) is 11.3 Å². The quantitative estimate of drug-likeness (QED) is 0.491. The van der Waals surface area contributed by atoms with Crippen molar-refractivity contribution >= 4 is 16.0 Å². The average Bonchev–Trinajstić information content (AvgIpc) is 3.49. The molecule has 0 aliphatic heterocycles. The average molecular weight is 475 g/mol. The highest BCUT2D eigenvalue weighted by Crippen LogP contribution is 2.28. The standard InChI is InChI=1S/C23H23FN2O6S/c1-30-20-11-8-16(12-21(20)33(28,29)26-18-4-2-3-5-18)23(27)32-14-19-13-31-22(25-19)15-6-9-17(24)10-7-15/h6-13,18,26H,2-5,14H2,1H3. The number of benzene rings is 2. The summed E-state index contributed by atoms with van der Waals surface area (Å²) in [7, 11) is -2.51. The van der Waals surface area contributed by atoms with Crippen molar-refractivity contribution in [2.45, 2.75) is 43.2 Å². The van der Waals surface area contributed by atoms with Gasteiger partial charge in [-0.1, -0.05) is 12.8 Å². The molecule has 0 radical (unpaired) electrons. The van der Waals surface area contributed by atoms with Crippen LogP contribution in [-0.4, -0.2) is 32.5 Å². The maximum atomic E-state index is 13.1. The van der Waals surface area contributed by atoms with Crippen molar-refractivity contribution < 1.29 is 31.5 Å². The largest absolute Gasteiger partial charge is 0.495 e. The molecular weight excluding hydrogens is 451 g/mol. The molecule has 1 aromatic heterocycles. The smallest absolute Gasteiger partial charge is 0.338 e. The van der Waals surface area contributed by atoms with Gasteiger partial charge in [-0.2, -0.15) is 0 Å². The number of ether oxygens (including phenoxy) is 2. The van der Waals surface area contributed by atoms with Crippen LogP contribution in [-0.2, 0) is 21.4 Å². The highest BCUT2D eigenvalue weighted by molar-refractivity contribution is 7.89. The molecule has 1 fully saturated rings. The molecule has 174 valence electrons. The number of sulfonamides is 1. The van der Waals surface area contributed by atoms with Crippen molar-refractivity contribution in [1.29, 1.82) is 0 Å². The van der Waals surface area contributed by atoms with Crippen LogP contribution in [0.25, 0.3) is 11.5 Å². The molecule has 0 atom stereocenters. The molecule has 2 aromatic carbocycles. The van der Waals surface area contributed by atoms with Gasteiger partial charge in [0.1, 0.15) is 35.0 Å². The molecule has 0 saturated heterocycles. The van der Waals surface area contributed by atoms with Crippen LogP contribution in [0.5, 0.6) is 5.75 Å². The predicted molar refractivity (Wildman–Crippen MR) is 117 cm³/mol. The molecule has 1 N–H and O–H groups in total. The van der Waals surface area contributed by atoms with Crippen LogP contribution in [0.3, 0.4) is 0 Å². The molecule has 8 nitrogen and oxygen atoms in total. The maximum Gasteiger partial charge on any atom is 0.338 e. The Morgan fingerprint density at radius 3 is 2.61 bits per heavy atom. The summed E-state index contributed by atoms with van der Waals surface area (Å²) < 4.78 is 57.4. The molecule has 4 rings (SSSR count). The van der Waals surface area contributed by atoms with Gasteiger partial charge in [-0.05, 0) is 55.3 Å². The van der Waals surface area contributed by atoms with E-state index in [4.69, 9.17) is 13.9 Å². The van der Waals surface area contributed by atoms with E-state index in [1.807, 2.05) is 0 Å². The molecule has 0 bridgehead atoms. The first-order chi connectivity index (χ1) is 15.9. The predicted octanol–water partition coefficient (Wildman–Crippen LogP) is 4.07. The Balaban J connectivity index is 1.46. The first kappa shape index (κ1) is 22.9. The first-order valence-corrected chi connectivity index (χ1v) is 11.9. The lowest BCUT2D eigenvalue weighted by Gasteiger charge is -2.15. The summed E-state index contributed by atoms with van der Waals surface area (Å²) in [5.41, 5.74) is 0.991. The number of nitrogens with one attached hydrogen (secondary N) is 1. The topological polar surface area (TPSA) is 108 Å². The van der Waals surface area contributed by atoms with E-state index in [1.165, 1.54) is 55.8 Å². The molecule has 10 heteroatoms. The second-order valence-electron chi connectivity index (χ2n) is 7.70. The Kier molecular flexibility index (Phi) is 6.75. The number of aromatic nitrogens is 1. The van der Waals surface area contributed by atoms with Gasteiger partial charge in [-0.25, -0.2) is 27.3 Å².